The molecule has 2 rings (SSSR count). The van der Waals surface area contributed by atoms with Crippen molar-refractivity contribution in [1.29, 1.82) is 0 Å². The minimum absolute atomic E-state index is 0.112. The third kappa shape index (κ3) is 3.01. The van der Waals surface area contributed by atoms with Crippen LogP contribution in [0.1, 0.15) is 37.0 Å². The molecule has 0 saturated carbocycles. The van der Waals surface area contributed by atoms with Gasteiger partial charge in [-0.2, -0.15) is 0 Å². The number of allylic oxidation sites excluding steroid dienone is 2. The van der Waals surface area contributed by atoms with Crippen molar-refractivity contribution in [3.8, 4) is 0 Å². The second-order valence-electron chi connectivity index (χ2n) is 5.37. The fourth-order valence-electron chi connectivity index (χ4n) is 2.64. The number of hydrogen-bond donors (Lipinski definition) is 0. The zero-order valence-electron chi connectivity index (χ0n) is 11.5. The van der Waals surface area contributed by atoms with E-state index in [0.29, 0.717) is 18.4 Å². The lowest BCUT2D eigenvalue weighted by Crippen LogP contribution is -2.41. The number of carboxylic acid groups (broad SMARTS) is 1. The van der Waals surface area contributed by atoms with Gasteiger partial charge in [-0.25, -0.2) is 0 Å². The van der Waals surface area contributed by atoms with E-state index in [1.165, 1.54) is 0 Å². The minimum Gasteiger partial charge on any atom is -0.550 e. The monoisotopic (exact) mass is 335 g/mol. The topological polar surface area (TPSA) is 57.2 Å². The number of carbonyl (C=O) groups excluding carboxylic acids is 2. The maximum atomic E-state index is 12.5. The van der Waals surface area contributed by atoms with Gasteiger partial charge >= 0.3 is 0 Å². The molecular formula is C16H16BrO3-. The minimum atomic E-state index is -1.13. The van der Waals surface area contributed by atoms with Gasteiger partial charge in [0.2, 0.25) is 0 Å². The maximum Gasteiger partial charge on any atom is 0.166 e. The summed E-state index contributed by atoms with van der Waals surface area (Å²) in [6.45, 7) is 3.88. The van der Waals surface area contributed by atoms with E-state index in [0.717, 1.165) is 15.6 Å². The van der Waals surface area contributed by atoms with Crippen molar-refractivity contribution in [3.05, 3.63) is 45.4 Å². The van der Waals surface area contributed by atoms with Crippen molar-refractivity contribution in [3.63, 3.8) is 0 Å². The van der Waals surface area contributed by atoms with Gasteiger partial charge in [0, 0.05) is 27.8 Å². The molecule has 1 aromatic rings. The summed E-state index contributed by atoms with van der Waals surface area (Å²) < 4.78 is 0.890. The molecule has 3 nitrogen and oxygen atoms in total. The highest BCUT2D eigenvalue weighted by atomic mass is 79.9. The second-order valence-corrected chi connectivity index (χ2v) is 6.29. The van der Waals surface area contributed by atoms with E-state index in [4.69, 9.17) is 0 Å². The first-order valence-electron chi connectivity index (χ1n) is 6.56. The van der Waals surface area contributed by atoms with Crippen LogP contribution in [0.3, 0.4) is 0 Å². The molecule has 4 heteroatoms. The number of rotatable bonds is 3. The van der Waals surface area contributed by atoms with Crippen molar-refractivity contribution in [1.82, 2.24) is 0 Å². The first-order valence-corrected chi connectivity index (χ1v) is 7.35. The number of ketones is 1. The Labute approximate surface area is 126 Å². The Morgan fingerprint density at radius 2 is 1.55 bits per heavy atom. The van der Waals surface area contributed by atoms with Crippen molar-refractivity contribution in [2.24, 2.45) is 11.8 Å². The number of carbonyl (C=O) groups is 2. The molecule has 1 aromatic carbocycles. The van der Waals surface area contributed by atoms with Gasteiger partial charge in [0.1, 0.15) is 0 Å². The first kappa shape index (κ1) is 15.0. The van der Waals surface area contributed by atoms with Crippen LogP contribution in [-0.2, 0) is 4.79 Å². The summed E-state index contributed by atoms with van der Waals surface area (Å²) in [6.07, 6.45) is 0.903. The maximum absolute atomic E-state index is 12.5. The van der Waals surface area contributed by atoms with E-state index in [-0.39, 0.29) is 5.78 Å². The third-order valence-electron chi connectivity index (χ3n) is 4.03. The zero-order chi connectivity index (χ0) is 14.9. The van der Waals surface area contributed by atoms with Gasteiger partial charge < -0.3 is 9.90 Å². The molecule has 0 amide bonds. The summed E-state index contributed by atoms with van der Waals surface area (Å²) in [7, 11) is 0. The molecule has 0 aliphatic heterocycles. The fraction of sp³-hybridized carbons (Fsp3) is 0.375. The first-order chi connectivity index (χ1) is 9.40. The third-order valence-corrected chi connectivity index (χ3v) is 4.56. The van der Waals surface area contributed by atoms with E-state index in [2.05, 4.69) is 15.9 Å². The Morgan fingerprint density at radius 1 is 1.05 bits per heavy atom. The highest BCUT2D eigenvalue weighted by molar-refractivity contribution is 9.10. The average Bonchev–Trinajstić information content (AvgIpc) is 2.41. The van der Waals surface area contributed by atoms with Crippen LogP contribution in [0.15, 0.2) is 39.9 Å². The number of aliphatic carboxylic acids is 1. The van der Waals surface area contributed by atoms with E-state index < -0.39 is 17.8 Å². The van der Waals surface area contributed by atoms with E-state index >= 15 is 0 Å². The van der Waals surface area contributed by atoms with Gasteiger partial charge in [-0.15, -0.1) is 0 Å². The molecule has 1 aliphatic carbocycles. The molecule has 0 bridgehead atoms. The molecule has 0 radical (unpaired) electrons. The molecule has 0 unspecified atom stereocenters. The SMILES string of the molecule is CC1=C(C)C[C@@H](C(=O)c2ccc(Br)cc2)[C@H](C(=O)[O-])C1. The Kier molecular flexibility index (Phi) is 4.43. The second kappa shape index (κ2) is 5.92. The van der Waals surface area contributed by atoms with Crippen molar-refractivity contribution in [2.45, 2.75) is 26.7 Å². The molecule has 106 valence electrons. The highest BCUT2D eigenvalue weighted by Gasteiger charge is 2.33. The molecule has 0 spiro atoms. The lowest BCUT2D eigenvalue weighted by atomic mass is 9.73. The fourth-order valence-corrected chi connectivity index (χ4v) is 2.91. The summed E-state index contributed by atoms with van der Waals surface area (Å²) >= 11 is 3.32. The van der Waals surface area contributed by atoms with E-state index in [9.17, 15) is 14.7 Å². The smallest absolute Gasteiger partial charge is 0.166 e. The molecule has 1 aliphatic rings. The lowest BCUT2D eigenvalue weighted by molar-refractivity contribution is -0.313. The van der Waals surface area contributed by atoms with Crippen LogP contribution >= 0.6 is 15.9 Å². The summed E-state index contributed by atoms with van der Waals surface area (Å²) in [4.78, 5) is 23.9. The van der Waals surface area contributed by atoms with Gasteiger partial charge in [-0.3, -0.25) is 4.79 Å². The largest absolute Gasteiger partial charge is 0.550 e. The number of benzene rings is 1. The Hall–Kier alpha value is -1.42. The summed E-state index contributed by atoms with van der Waals surface area (Å²) in [6, 6.07) is 7.02. The van der Waals surface area contributed by atoms with Crippen molar-refractivity contribution >= 4 is 27.7 Å². The lowest BCUT2D eigenvalue weighted by Gasteiger charge is -2.32. The van der Waals surface area contributed by atoms with Gasteiger partial charge in [-0.05, 0) is 38.8 Å². The molecule has 20 heavy (non-hydrogen) atoms. The predicted octanol–water partition coefficient (Wildman–Crippen LogP) is 2.74. The number of hydrogen-bond acceptors (Lipinski definition) is 3. The van der Waals surface area contributed by atoms with Crippen molar-refractivity contribution < 1.29 is 14.7 Å². The van der Waals surface area contributed by atoms with Crippen molar-refractivity contribution in [2.75, 3.05) is 0 Å². The molecule has 0 aromatic heterocycles. The number of halogens is 1. The molecule has 0 fully saturated rings. The zero-order valence-corrected chi connectivity index (χ0v) is 13.1. The molecule has 0 heterocycles. The van der Waals surface area contributed by atoms with Gasteiger partial charge in [0.05, 0.1) is 0 Å². The van der Waals surface area contributed by atoms with E-state index in [1.807, 2.05) is 13.8 Å². The van der Waals surface area contributed by atoms with Crippen LogP contribution in [0.5, 0.6) is 0 Å². The average molecular weight is 336 g/mol. The number of Topliss-reactive ketones (excluding diaryl/α,β-unsaturated/α-hetero) is 1. The number of carboxylic acids is 1. The van der Waals surface area contributed by atoms with Gasteiger partial charge in [0.15, 0.2) is 5.78 Å². The Bertz CT molecular complexity index is 572. The highest BCUT2D eigenvalue weighted by Crippen LogP contribution is 2.35. The molecule has 0 saturated heterocycles. The Morgan fingerprint density at radius 3 is 2.05 bits per heavy atom. The standard InChI is InChI=1S/C16H17BrO3/c1-9-7-13(14(16(19)20)8-10(9)2)15(18)11-3-5-12(17)6-4-11/h3-6,13-14H,7-8H2,1-2H3,(H,19,20)/p-1/t13-,14-/m1/s1. The molecule has 2 atom stereocenters. The molecule has 0 N–H and O–H groups in total. The van der Waals surface area contributed by atoms with Crippen LogP contribution < -0.4 is 5.11 Å². The van der Waals surface area contributed by atoms with Crippen LogP contribution in [0.2, 0.25) is 0 Å². The van der Waals surface area contributed by atoms with Crippen LogP contribution in [0, 0.1) is 11.8 Å². The summed E-state index contributed by atoms with van der Waals surface area (Å²) in [5.41, 5.74) is 2.72. The van der Waals surface area contributed by atoms with Crippen LogP contribution in [0.4, 0.5) is 0 Å². The summed E-state index contributed by atoms with van der Waals surface area (Å²) in [5, 5.41) is 11.3. The predicted molar refractivity (Wildman–Crippen MR) is 78.1 cm³/mol. The molecular weight excluding hydrogens is 320 g/mol. The van der Waals surface area contributed by atoms with Gasteiger partial charge in [0.25, 0.3) is 0 Å². The van der Waals surface area contributed by atoms with Crippen LogP contribution in [-0.4, -0.2) is 11.8 Å². The summed E-state index contributed by atoms with van der Waals surface area (Å²) in [5.74, 6) is -2.49. The van der Waals surface area contributed by atoms with Crippen LogP contribution in [0.25, 0.3) is 0 Å². The van der Waals surface area contributed by atoms with Gasteiger partial charge in [-0.1, -0.05) is 39.2 Å². The quantitative estimate of drug-likeness (QED) is 0.630. The van der Waals surface area contributed by atoms with E-state index in [1.54, 1.807) is 24.3 Å². The normalized spacial score (nSPS) is 22.8. The Balaban J connectivity index is 2.31.